The van der Waals surface area contributed by atoms with E-state index in [1.54, 1.807) is 35.8 Å². The number of pyridine rings is 1. The first-order valence-electron chi connectivity index (χ1n) is 10.1. The van der Waals surface area contributed by atoms with Crippen LogP contribution in [0, 0.1) is 0 Å². The zero-order valence-corrected chi connectivity index (χ0v) is 19.1. The minimum atomic E-state index is -0.336. The van der Waals surface area contributed by atoms with Gasteiger partial charge >= 0.3 is 5.97 Å². The van der Waals surface area contributed by atoms with E-state index in [-0.39, 0.29) is 18.4 Å². The molecule has 168 valence electrons. The number of rotatable bonds is 7. The normalized spacial score (nSPS) is 10.8. The summed E-state index contributed by atoms with van der Waals surface area (Å²) in [6.07, 6.45) is 3.31. The number of anilines is 1. The molecule has 1 amide bonds. The van der Waals surface area contributed by atoms with Crippen LogP contribution >= 0.6 is 23.2 Å². The van der Waals surface area contributed by atoms with Crippen LogP contribution in [0.4, 0.5) is 5.69 Å². The van der Waals surface area contributed by atoms with Crippen molar-refractivity contribution in [2.75, 3.05) is 11.9 Å². The second-order valence-electron chi connectivity index (χ2n) is 7.01. The van der Waals surface area contributed by atoms with Crippen molar-refractivity contribution in [3.8, 4) is 11.6 Å². The standard InChI is InChI=1S/C24H19Cl2N3O4/c1-2-32-23(30)14-29-11-10-17-20(29)4-3-5-21(17)33-22-9-7-16(13-27-22)28-24(31)15-6-8-18(25)19(26)12-15/h3-13H,2,14H2,1H3,(H,28,31). The summed E-state index contributed by atoms with van der Waals surface area (Å²) in [6.45, 7) is 2.23. The Morgan fingerprint density at radius 1 is 1.06 bits per heavy atom. The number of hydrogen-bond donors (Lipinski definition) is 1. The molecule has 1 N–H and O–H groups in total. The summed E-state index contributed by atoms with van der Waals surface area (Å²) in [6, 6.07) is 15.4. The van der Waals surface area contributed by atoms with E-state index in [1.807, 2.05) is 30.5 Å². The number of nitrogens with zero attached hydrogens (tertiary/aromatic N) is 2. The molecule has 9 heteroatoms. The van der Waals surface area contributed by atoms with Crippen molar-refractivity contribution in [1.82, 2.24) is 9.55 Å². The zero-order valence-electron chi connectivity index (χ0n) is 17.5. The average molecular weight is 484 g/mol. The number of carbonyl (C=O) groups excluding carboxylic acids is 2. The molecule has 0 saturated heterocycles. The number of esters is 1. The third kappa shape index (κ3) is 5.27. The molecule has 0 saturated carbocycles. The number of hydrogen-bond acceptors (Lipinski definition) is 5. The summed E-state index contributed by atoms with van der Waals surface area (Å²) in [5.74, 6) is 0.307. The van der Waals surface area contributed by atoms with Crippen LogP contribution in [0.2, 0.25) is 10.0 Å². The van der Waals surface area contributed by atoms with Crippen LogP contribution in [-0.2, 0) is 16.1 Å². The summed E-state index contributed by atoms with van der Waals surface area (Å²) >= 11 is 11.9. The van der Waals surface area contributed by atoms with Crippen LogP contribution in [0.3, 0.4) is 0 Å². The molecule has 2 aromatic carbocycles. The van der Waals surface area contributed by atoms with Crippen LogP contribution < -0.4 is 10.1 Å². The van der Waals surface area contributed by atoms with Crippen molar-refractivity contribution in [1.29, 1.82) is 0 Å². The number of carbonyl (C=O) groups is 2. The predicted molar refractivity (Wildman–Crippen MR) is 127 cm³/mol. The van der Waals surface area contributed by atoms with Gasteiger partial charge in [-0.2, -0.15) is 0 Å². The lowest BCUT2D eigenvalue weighted by molar-refractivity contribution is -0.143. The van der Waals surface area contributed by atoms with Gasteiger partial charge in [-0.25, -0.2) is 4.98 Å². The van der Waals surface area contributed by atoms with Crippen molar-refractivity contribution < 1.29 is 19.1 Å². The van der Waals surface area contributed by atoms with Gasteiger partial charge in [0, 0.05) is 23.2 Å². The zero-order chi connectivity index (χ0) is 23.4. The van der Waals surface area contributed by atoms with E-state index in [9.17, 15) is 9.59 Å². The van der Waals surface area contributed by atoms with Crippen molar-refractivity contribution in [2.24, 2.45) is 0 Å². The Labute approximate surface area is 199 Å². The van der Waals surface area contributed by atoms with Crippen LogP contribution in [0.5, 0.6) is 11.6 Å². The fourth-order valence-electron chi connectivity index (χ4n) is 3.24. The molecule has 7 nitrogen and oxygen atoms in total. The first kappa shape index (κ1) is 22.6. The monoisotopic (exact) mass is 483 g/mol. The highest BCUT2D eigenvalue weighted by molar-refractivity contribution is 6.42. The van der Waals surface area contributed by atoms with Crippen molar-refractivity contribution >= 4 is 51.7 Å². The SMILES string of the molecule is CCOC(=O)Cn1ccc2c(Oc3ccc(NC(=O)c4ccc(Cl)c(Cl)c4)cn3)cccc21. The van der Waals surface area contributed by atoms with E-state index in [0.717, 1.165) is 10.9 Å². The highest BCUT2D eigenvalue weighted by Crippen LogP contribution is 2.30. The molecule has 0 spiro atoms. The lowest BCUT2D eigenvalue weighted by Crippen LogP contribution is -2.12. The number of amides is 1. The van der Waals surface area contributed by atoms with Gasteiger partial charge in [0.15, 0.2) is 0 Å². The van der Waals surface area contributed by atoms with Crippen LogP contribution in [-0.4, -0.2) is 28.0 Å². The Hall–Kier alpha value is -3.55. The van der Waals surface area contributed by atoms with E-state index in [0.29, 0.717) is 39.5 Å². The highest BCUT2D eigenvalue weighted by atomic mass is 35.5. The van der Waals surface area contributed by atoms with E-state index in [1.165, 1.54) is 12.3 Å². The second kappa shape index (κ2) is 9.94. The fourth-order valence-corrected chi connectivity index (χ4v) is 3.53. The topological polar surface area (TPSA) is 82.5 Å². The van der Waals surface area contributed by atoms with E-state index in [2.05, 4.69) is 10.3 Å². The van der Waals surface area contributed by atoms with Gasteiger partial charge in [-0.3, -0.25) is 9.59 Å². The van der Waals surface area contributed by atoms with Gasteiger partial charge in [0.05, 0.1) is 34.1 Å². The molecule has 0 unspecified atom stereocenters. The second-order valence-corrected chi connectivity index (χ2v) is 7.82. The summed E-state index contributed by atoms with van der Waals surface area (Å²) in [5, 5.41) is 4.27. The van der Waals surface area contributed by atoms with Crippen LogP contribution in [0.15, 0.2) is 67.0 Å². The molecule has 0 bridgehead atoms. The smallest absolute Gasteiger partial charge is 0.325 e. The number of halogens is 2. The molecule has 4 rings (SSSR count). The summed E-state index contributed by atoms with van der Waals surface area (Å²) < 4.78 is 12.8. The molecule has 33 heavy (non-hydrogen) atoms. The highest BCUT2D eigenvalue weighted by Gasteiger charge is 2.12. The maximum absolute atomic E-state index is 12.4. The third-order valence-electron chi connectivity index (χ3n) is 4.77. The Morgan fingerprint density at radius 2 is 1.91 bits per heavy atom. The number of fused-ring (bicyclic) bond motifs is 1. The van der Waals surface area contributed by atoms with Gasteiger partial charge in [-0.15, -0.1) is 0 Å². The molecule has 0 fully saturated rings. The van der Waals surface area contributed by atoms with Crippen molar-refractivity contribution in [2.45, 2.75) is 13.5 Å². The Morgan fingerprint density at radius 3 is 2.64 bits per heavy atom. The molecule has 0 aliphatic carbocycles. The van der Waals surface area contributed by atoms with Gasteiger partial charge in [0.1, 0.15) is 12.3 Å². The third-order valence-corrected chi connectivity index (χ3v) is 5.51. The summed E-state index contributed by atoms with van der Waals surface area (Å²) in [7, 11) is 0. The minimum absolute atomic E-state index is 0.117. The molecular weight excluding hydrogens is 465 g/mol. The van der Waals surface area contributed by atoms with Crippen molar-refractivity contribution in [3.05, 3.63) is 82.6 Å². The van der Waals surface area contributed by atoms with Gasteiger partial charge < -0.3 is 19.4 Å². The maximum Gasteiger partial charge on any atom is 0.325 e. The molecule has 2 heterocycles. The number of benzene rings is 2. The van der Waals surface area contributed by atoms with Gasteiger partial charge in [0.25, 0.3) is 5.91 Å². The van der Waals surface area contributed by atoms with Crippen molar-refractivity contribution in [3.63, 3.8) is 0 Å². The first-order chi connectivity index (χ1) is 15.9. The Kier molecular flexibility index (Phi) is 6.82. The number of aromatic nitrogens is 2. The summed E-state index contributed by atoms with van der Waals surface area (Å²) in [5.41, 5.74) is 1.71. The maximum atomic E-state index is 12.4. The molecule has 0 radical (unpaired) electrons. The first-order valence-corrected chi connectivity index (χ1v) is 10.8. The molecule has 2 aromatic heterocycles. The molecular formula is C24H19Cl2N3O4. The predicted octanol–water partition coefficient (Wildman–Crippen LogP) is 5.95. The Balaban J connectivity index is 1.46. The van der Waals surface area contributed by atoms with Gasteiger partial charge in [0.2, 0.25) is 5.88 Å². The fraction of sp³-hybridized carbons (Fsp3) is 0.125. The largest absolute Gasteiger partial charge is 0.465 e. The van der Waals surface area contributed by atoms with E-state index >= 15 is 0 Å². The molecule has 0 aliphatic heterocycles. The lowest BCUT2D eigenvalue weighted by Gasteiger charge is -2.09. The van der Waals surface area contributed by atoms with E-state index < -0.39 is 0 Å². The molecule has 4 aromatic rings. The number of nitrogens with one attached hydrogen (secondary N) is 1. The van der Waals surface area contributed by atoms with Crippen LogP contribution in [0.25, 0.3) is 10.9 Å². The minimum Gasteiger partial charge on any atom is -0.465 e. The Bertz CT molecular complexity index is 1320. The molecule has 0 atom stereocenters. The van der Waals surface area contributed by atoms with Crippen LogP contribution in [0.1, 0.15) is 17.3 Å². The quantitative estimate of drug-likeness (QED) is 0.328. The summed E-state index contributed by atoms with van der Waals surface area (Å²) in [4.78, 5) is 28.5. The van der Waals surface area contributed by atoms with Gasteiger partial charge in [-0.05, 0) is 49.4 Å². The van der Waals surface area contributed by atoms with Gasteiger partial charge in [-0.1, -0.05) is 29.3 Å². The lowest BCUT2D eigenvalue weighted by atomic mass is 10.2. The van der Waals surface area contributed by atoms with E-state index in [4.69, 9.17) is 32.7 Å². The number of ether oxygens (including phenoxy) is 2. The molecule has 0 aliphatic rings. The average Bonchev–Trinajstić information content (AvgIpc) is 3.21.